The molecule has 1 aromatic rings. The van der Waals surface area contributed by atoms with Crippen molar-refractivity contribution in [1.29, 1.82) is 0 Å². The van der Waals surface area contributed by atoms with E-state index in [0.717, 1.165) is 24.9 Å². The standard InChI is InChI=1S/C16H24N2O2S/c19-21(20)16-3-1-15(2-4-16)18-11-7-14(8-12-18)13-5-9-17-10-6-13/h1-4,13-14,17H,5-12H2,(H,19,20). The minimum Gasteiger partial charge on any atom is -0.372 e. The summed E-state index contributed by atoms with van der Waals surface area (Å²) in [5, 5.41) is 3.45. The van der Waals surface area contributed by atoms with E-state index in [2.05, 4.69) is 10.2 Å². The summed E-state index contributed by atoms with van der Waals surface area (Å²) in [6, 6.07) is 7.44. The van der Waals surface area contributed by atoms with Crippen molar-refractivity contribution in [2.24, 2.45) is 11.8 Å². The van der Waals surface area contributed by atoms with E-state index in [9.17, 15) is 4.21 Å². The molecule has 2 N–H and O–H groups in total. The number of rotatable bonds is 3. The van der Waals surface area contributed by atoms with E-state index < -0.39 is 11.1 Å². The number of anilines is 1. The van der Waals surface area contributed by atoms with Gasteiger partial charge in [-0.15, -0.1) is 0 Å². The average Bonchev–Trinajstić information content (AvgIpc) is 2.56. The second kappa shape index (κ2) is 6.90. The zero-order chi connectivity index (χ0) is 14.7. The molecule has 2 saturated heterocycles. The van der Waals surface area contributed by atoms with E-state index >= 15 is 0 Å². The molecule has 0 spiro atoms. The Balaban J connectivity index is 1.56. The Labute approximate surface area is 129 Å². The van der Waals surface area contributed by atoms with Gasteiger partial charge in [0.2, 0.25) is 0 Å². The first-order valence-electron chi connectivity index (χ1n) is 7.90. The predicted octanol–water partition coefficient (Wildman–Crippen LogP) is 2.48. The van der Waals surface area contributed by atoms with Crippen LogP contribution in [0, 0.1) is 11.8 Å². The minimum atomic E-state index is -1.88. The molecule has 2 aliphatic rings. The number of benzene rings is 1. The summed E-state index contributed by atoms with van der Waals surface area (Å²) < 4.78 is 20.1. The predicted molar refractivity (Wildman–Crippen MR) is 86.0 cm³/mol. The van der Waals surface area contributed by atoms with Gasteiger partial charge in [0.25, 0.3) is 0 Å². The van der Waals surface area contributed by atoms with Gasteiger partial charge in [-0.25, -0.2) is 4.21 Å². The monoisotopic (exact) mass is 308 g/mol. The Bertz CT molecular complexity index is 478. The smallest absolute Gasteiger partial charge is 0.186 e. The first-order valence-corrected chi connectivity index (χ1v) is 9.01. The number of nitrogens with one attached hydrogen (secondary N) is 1. The van der Waals surface area contributed by atoms with Gasteiger partial charge in [0, 0.05) is 18.8 Å². The summed E-state index contributed by atoms with van der Waals surface area (Å²) >= 11 is -1.88. The largest absolute Gasteiger partial charge is 0.372 e. The number of nitrogens with zero attached hydrogens (tertiary/aromatic N) is 1. The third-order valence-corrected chi connectivity index (χ3v) is 5.67. The maximum atomic E-state index is 11.0. The third kappa shape index (κ3) is 3.65. The van der Waals surface area contributed by atoms with Gasteiger partial charge >= 0.3 is 0 Å². The lowest BCUT2D eigenvalue weighted by atomic mass is 9.79. The van der Waals surface area contributed by atoms with E-state index in [4.69, 9.17) is 4.55 Å². The molecule has 0 aromatic heterocycles. The molecule has 0 saturated carbocycles. The highest BCUT2D eigenvalue weighted by Crippen LogP contribution is 2.32. The lowest BCUT2D eigenvalue weighted by Crippen LogP contribution is -2.39. The van der Waals surface area contributed by atoms with Crippen molar-refractivity contribution in [1.82, 2.24) is 5.32 Å². The molecule has 1 atom stereocenters. The molecule has 0 bridgehead atoms. The van der Waals surface area contributed by atoms with Crippen LogP contribution in [0.3, 0.4) is 0 Å². The van der Waals surface area contributed by atoms with Crippen LogP contribution in [0.5, 0.6) is 0 Å². The molecule has 2 fully saturated rings. The van der Waals surface area contributed by atoms with Crippen molar-refractivity contribution >= 4 is 16.8 Å². The molecule has 3 rings (SSSR count). The summed E-state index contributed by atoms with van der Waals surface area (Å²) in [5.74, 6) is 1.79. The van der Waals surface area contributed by atoms with E-state index in [1.54, 1.807) is 12.1 Å². The van der Waals surface area contributed by atoms with Gasteiger partial charge in [-0.3, -0.25) is 0 Å². The quantitative estimate of drug-likeness (QED) is 0.842. The molecule has 1 unspecified atom stereocenters. The Morgan fingerprint density at radius 2 is 1.57 bits per heavy atom. The fourth-order valence-electron chi connectivity index (χ4n) is 3.72. The van der Waals surface area contributed by atoms with E-state index in [-0.39, 0.29) is 0 Å². The molecule has 4 nitrogen and oxygen atoms in total. The second-order valence-corrected chi connectivity index (χ2v) is 7.12. The van der Waals surface area contributed by atoms with Crippen LogP contribution in [0.1, 0.15) is 25.7 Å². The first-order chi connectivity index (χ1) is 10.2. The van der Waals surface area contributed by atoms with Crippen LogP contribution in [-0.2, 0) is 11.1 Å². The Kier molecular flexibility index (Phi) is 4.93. The number of piperidine rings is 2. The van der Waals surface area contributed by atoms with Crippen LogP contribution >= 0.6 is 0 Å². The molecule has 21 heavy (non-hydrogen) atoms. The van der Waals surface area contributed by atoms with Gasteiger partial charge in [-0.1, -0.05) is 0 Å². The van der Waals surface area contributed by atoms with Crippen LogP contribution in [0.15, 0.2) is 29.2 Å². The molecule has 0 radical (unpaired) electrons. The molecule has 2 heterocycles. The molecule has 2 aliphatic heterocycles. The van der Waals surface area contributed by atoms with Crippen LogP contribution in [0.4, 0.5) is 5.69 Å². The van der Waals surface area contributed by atoms with E-state index in [1.807, 2.05) is 12.1 Å². The third-order valence-electron chi connectivity index (χ3n) is 4.99. The molecular formula is C16H24N2O2S. The van der Waals surface area contributed by atoms with Gasteiger partial charge in [0.1, 0.15) is 0 Å². The molecule has 1 aromatic carbocycles. The van der Waals surface area contributed by atoms with Crippen LogP contribution in [-0.4, -0.2) is 34.9 Å². The Morgan fingerprint density at radius 1 is 1.00 bits per heavy atom. The fourth-order valence-corrected chi connectivity index (χ4v) is 4.09. The highest BCUT2D eigenvalue weighted by Gasteiger charge is 2.27. The normalized spacial score (nSPS) is 23.2. The van der Waals surface area contributed by atoms with Crippen LogP contribution in [0.2, 0.25) is 0 Å². The highest BCUT2D eigenvalue weighted by molar-refractivity contribution is 7.79. The summed E-state index contributed by atoms with van der Waals surface area (Å²) in [7, 11) is 0. The van der Waals surface area contributed by atoms with E-state index in [0.29, 0.717) is 4.90 Å². The molecule has 116 valence electrons. The maximum Gasteiger partial charge on any atom is 0.186 e. The number of hydrogen-bond donors (Lipinski definition) is 2. The van der Waals surface area contributed by atoms with Gasteiger partial charge in [-0.05, 0) is 74.9 Å². The maximum absolute atomic E-state index is 11.0. The fraction of sp³-hybridized carbons (Fsp3) is 0.625. The summed E-state index contributed by atoms with van der Waals surface area (Å²) in [5.41, 5.74) is 1.17. The molecule has 0 aliphatic carbocycles. The number of hydrogen-bond acceptors (Lipinski definition) is 3. The average molecular weight is 308 g/mol. The zero-order valence-electron chi connectivity index (χ0n) is 12.3. The van der Waals surface area contributed by atoms with Crippen molar-refractivity contribution in [2.45, 2.75) is 30.6 Å². The van der Waals surface area contributed by atoms with Gasteiger partial charge < -0.3 is 14.8 Å². The molecular weight excluding hydrogens is 284 g/mol. The van der Waals surface area contributed by atoms with Crippen molar-refractivity contribution in [3.05, 3.63) is 24.3 Å². The first kappa shape index (κ1) is 15.0. The Hall–Kier alpha value is -0.910. The van der Waals surface area contributed by atoms with Gasteiger partial charge in [0.15, 0.2) is 11.1 Å². The minimum absolute atomic E-state index is 0.475. The van der Waals surface area contributed by atoms with Crippen molar-refractivity contribution in [3.63, 3.8) is 0 Å². The van der Waals surface area contributed by atoms with Crippen LogP contribution < -0.4 is 10.2 Å². The second-order valence-electron chi connectivity index (χ2n) is 6.15. The van der Waals surface area contributed by atoms with E-state index in [1.165, 1.54) is 44.5 Å². The van der Waals surface area contributed by atoms with Gasteiger partial charge in [-0.2, -0.15) is 0 Å². The van der Waals surface area contributed by atoms with Crippen molar-refractivity contribution < 1.29 is 8.76 Å². The lowest BCUT2D eigenvalue weighted by molar-refractivity contribution is 0.222. The Morgan fingerprint density at radius 3 is 2.14 bits per heavy atom. The highest BCUT2D eigenvalue weighted by atomic mass is 32.2. The molecule has 0 amide bonds. The molecule has 5 heteroatoms. The summed E-state index contributed by atoms with van der Waals surface area (Å²) in [6.07, 6.45) is 5.22. The van der Waals surface area contributed by atoms with Crippen molar-refractivity contribution in [2.75, 3.05) is 31.1 Å². The van der Waals surface area contributed by atoms with Crippen LogP contribution in [0.25, 0.3) is 0 Å². The summed E-state index contributed by atoms with van der Waals surface area (Å²) in [4.78, 5) is 2.88. The van der Waals surface area contributed by atoms with Crippen molar-refractivity contribution in [3.8, 4) is 0 Å². The topological polar surface area (TPSA) is 52.6 Å². The van der Waals surface area contributed by atoms with Gasteiger partial charge in [0.05, 0.1) is 4.90 Å². The SMILES string of the molecule is O=S(O)c1ccc(N2CCC(C3CCNCC3)CC2)cc1. The lowest BCUT2D eigenvalue weighted by Gasteiger charge is -2.38. The summed E-state index contributed by atoms with van der Waals surface area (Å²) in [6.45, 7) is 4.58. The zero-order valence-corrected chi connectivity index (χ0v) is 13.1.